The quantitative estimate of drug-likeness (QED) is 0.753. The van der Waals surface area contributed by atoms with E-state index in [1.807, 2.05) is 30.3 Å². The third-order valence-corrected chi connectivity index (χ3v) is 3.98. The maximum atomic E-state index is 12.0. The number of hydrogen-bond acceptors (Lipinski definition) is 5. The number of nitrogens with two attached hydrogens (primary N) is 1. The molecule has 0 saturated carbocycles. The van der Waals surface area contributed by atoms with Crippen molar-refractivity contribution >= 4 is 10.0 Å². The average molecular weight is 301 g/mol. The topological polar surface area (TPSA) is 115 Å². The first kappa shape index (κ1) is 13.4. The molecular weight excluding hydrogens is 290 g/mol. The predicted octanol–water partition coefficient (Wildman–Crippen LogP) is 1.18. The summed E-state index contributed by atoms with van der Waals surface area (Å²) in [7, 11) is -3.96. The molecule has 0 aliphatic rings. The third-order valence-electron chi connectivity index (χ3n) is 2.97. The fourth-order valence-electron chi connectivity index (χ4n) is 2.14. The van der Waals surface area contributed by atoms with Crippen LogP contribution in [0.25, 0.3) is 22.5 Å². The molecule has 3 N–H and O–H groups in total. The van der Waals surface area contributed by atoms with Gasteiger partial charge in [0.25, 0.3) is 0 Å². The number of hydrogen-bond donors (Lipinski definition) is 2. The Balaban J connectivity index is 2.35. The van der Waals surface area contributed by atoms with Gasteiger partial charge < -0.3 is 0 Å². The normalized spacial score (nSPS) is 11.5. The van der Waals surface area contributed by atoms with Crippen LogP contribution in [0.2, 0.25) is 0 Å². The van der Waals surface area contributed by atoms with Crippen LogP contribution >= 0.6 is 0 Å². The largest absolute Gasteiger partial charge is 0.239 e. The van der Waals surface area contributed by atoms with Crippen molar-refractivity contribution in [3.63, 3.8) is 0 Å². The minimum Gasteiger partial charge on any atom is -0.225 e. The summed E-state index contributed by atoms with van der Waals surface area (Å²) in [4.78, 5) is -0.0161. The molecule has 0 saturated heterocycles. The number of tetrazole rings is 1. The van der Waals surface area contributed by atoms with Gasteiger partial charge in [0.05, 0.1) is 0 Å². The molecule has 8 heteroatoms. The van der Waals surface area contributed by atoms with Crippen LogP contribution in [0, 0.1) is 0 Å². The molecular formula is C13H11N5O2S. The fraction of sp³-hybridized carbons (Fsp3) is 0. The summed E-state index contributed by atoms with van der Waals surface area (Å²) in [6.45, 7) is 0. The van der Waals surface area contributed by atoms with E-state index >= 15 is 0 Å². The summed E-state index contributed by atoms with van der Waals surface area (Å²) < 4.78 is 24.1. The number of aromatic amines is 1. The number of H-pyrrole nitrogens is 1. The Morgan fingerprint density at radius 2 is 1.67 bits per heavy atom. The maximum Gasteiger partial charge on any atom is 0.239 e. The van der Waals surface area contributed by atoms with Gasteiger partial charge in [-0.15, -0.1) is 10.2 Å². The molecule has 7 nitrogen and oxygen atoms in total. The van der Waals surface area contributed by atoms with Gasteiger partial charge in [0, 0.05) is 11.1 Å². The first-order valence-corrected chi connectivity index (χ1v) is 7.57. The molecule has 21 heavy (non-hydrogen) atoms. The van der Waals surface area contributed by atoms with Crippen LogP contribution in [0.1, 0.15) is 0 Å². The number of nitrogens with zero attached hydrogens (tertiary/aromatic N) is 3. The molecule has 0 aliphatic carbocycles. The summed E-state index contributed by atoms with van der Waals surface area (Å²) in [6, 6.07) is 14.1. The minimum atomic E-state index is -3.96. The Hall–Kier alpha value is -2.58. The number of benzene rings is 2. The fourth-order valence-corrected chi connectivity index (χ4v) is 3.10. The second-order valence-electron chi connectivity index (χ2n) is 4.33. The highest BCUT2D eigenvalue weighted by atomic mass is 32.2. The second kappa shape index (κ2) is 5.08. The highest BCUT2D eigenvalue weighted by Crippen LogP contribution is 2.33. The van der Waals surface area contributed by atoms with E-state index in [0.29, 0.717) is 11.1 Å². The lowest BCUT2D eigenvalue weighted by atomic mass is 10.0. The van der Waals surface area contributed by atoms with Crippen molar-refractivity contribution in [1.82, 2.24) is 20.6 Å². The van der Waals surface area contributed by atoms with Crippen molar-refractivity contribution in [1.29, 1.82) is 0 Å². The first-order valence-electron chi connectivity index (χ1n) is 6.02. The van der Waals surface area contributed by atoms with E-state index in [1.165, 1.54) is 0 Å². The molecule has 0 fully saturated rings. The van der Waals surface area contributed by atoms with E-state index in [-0.39, 0.29) is 10.7 Å². The number of rotatable bonds is 3. The Morgan fingerprint density at radius 1 is 0.952 bits per heavy atom. The molecule has 0 aliphatic heterocycles. The van der Waals surface area contributed by atoms with Crippen molar-refractivity contribution in [3.05, 3.63) is 48.5 Å². The van der Waals surface area contributed by atoms with Crippen LogP contribution in [0.3, 0.4) is 0 Å². The minimum absolute atomic E-state index is 0.0161. The maximum absolute atomic E-state index is 12.0. The first-order chi connectivity index (χ1) is 10.1. The van der Waals surface area contributed by atoms with E-state index in [4.69, 9.17) is 5.14 Å². The number of nitrogens with one attached hydrogen (secondary N) is 1. The summed E-state index contributed by atoms with van der Waals surface area (Å²) in [6.07, 6.45) is 0. The van der Waals surface area contributed by atoms with Gasteiger partial charge in [-0.3, -0.25) is 0 Å². The van der Waals surface area contributed by atoms with Gasteiger partial charge in [-0.2, -0.15) is 5.21 Å². The third kappa shape index (κ3) is 2.54. The molecule has 0 unspecified atom stereocenters. The SMILES string of the molecule is NS(=O)(=O)c1c(-c2ccccc2)cccc1-c1nn[nH]n1. The van der Waals surface area contributed by atoms with Crippen LogP contribution in [-0.2, 0) is 10.0 Å². The molecule has 3 aromatic rings. The molecule has 0 radical (unpaired) electrons. The molecule has 2 aromatic carbocycles. The Labute approximate surface area is 120 Å². The average Bonchev–Trinajstić information content (AvgIpc) is 3.00. The smallest absolute Gasteiger partial charge is 0.225 e. The highest BCUT2D eigenvalue weighted by molar-refractivity contribution is 7.89. The summed E-state index contributed by atoms with van der Waals surface area (Å²) in [5.74, 6) is 0.178. The Kier molecular flexibility index (Phi) is 3.24. The molecule has 3 rings (SSSR count). The lowest BCUT2D eigenvalue weighted by Gasteiger charge is -2.11. The van der Waals surface area contributed by atoms with E-state index in [0.717, 1.165) is 5.56 Å². The van der Waals surface area contributed by atoms with Crippen molar-refractivity contribution < 1.29 is 8.42 Å². The van der Waals surface area contributed by atoms with Gasteiger partial charge >= 0.3 is 0 Å². The van der Waals surface area contributed by atoms with E-state index in [2.05, 4.69) is 20.6 Å². The number of aromatic nitrogens is 4. The molecule has 0 bridgehead atoms. The number of sulfonamides is 1. The van der Waals surface area contributed by atoms with Gasteiger partial charge in [-0.1, -0.05) is 42.5 Å². The molecule has 0 atom stereocenters. The zero-order valence-corrected chi connectivity index (χ0v) is 11.6. The van der Waals surface area contributed by atoms with Crippen LogP contribution < -0.4 is 5.14 Å². The monoisotopic (exact) mass is 301 g/mol. The van der Waals surface area contributed by atoms with Crippen LogP contribution in [-0.4, -0.2) is 29.0 Å². The van der Waals surface area contributed by atoms with Crippen molar-refractivity contribution in [2.75, 3.05) is 0 Å². The van der Waals surface area contributed by atoms with Crippen molar-refractivity contribution in [2.24, 2.45) is 5.14 Å². The second-order valence-corrected chi connectivity index (χ2v) is 5.83. The van der Waals surface area contributed by atoms with E-state index < -0.39 is 10.0 Å². The molecule has 0 amide bonds. The zero-order chi connectivity index (χ0) is 14.9. The van der Waals surface area contributed by atoms with Crippen molar-refractivity contribution in [2.45, 2.75) is 4.90 Å². The summed E-state index contributed by atoms with van der Waals surface area (Å²) in [5, 5.41) is 18.8. The van der Waals surface area contributed by atoms with Crippen LogP contribution in [0.5, 0.6) is 0 Å². The standard InChI is InChI=1S/C13H11N5O2S/c14-21(19,20)12-10(9-5-2-1-3-6-9)7-4-8-11(12)13-15-17-18-16-13/h1-8H,(H2,14,19,20)(H,15,16,17,18). The van der Waals surface area contributed by atoms with E-state index in [1.54, 1.807) is 18.2 Å². The van der Waals surface area contributed by atoms with Gasteiger partial charge in [-0.05, 0) is 16.8 Å². The highest BCUT2D eigenvalue weighted by Gasteiger charge is 2.22. The summed E-state index contributed by atoms with van der Waals surface area (Å²) >= 11 is 0. The van der Waals surface area contributed by atoms with Gasteiger partial charge in [-0.25, -0.2) is 13.6 Å². The van der Waals surface area contributed by atoms with Gasteiger partial charge in [0.1, 0.15) is 4.90 Å². The zero-order valence-electron chi connectivity index (χ0n) is 10.8. The lowest BCUT2D eigenvalue weighted by Crippen LogP contribution is -2.15. The molecule has 1 aromatic heterocycles. The predicted molar refractivity (Wildman–Crippen MR) is 76.4 cm³/mol. The lowest BCUT2D eigenvalue weighted by molar-refractivity contribution is 0.598. The molecule has 106 valence electrons. The Morgan fingerprint density at radius 3 is 2.29 bits per heavy atom. The molecule has 1 heterocycles. The van der Waals surface area contributed by atoms with E-state index in [9.17, 15) is 8.42 Å². The van der Waals surface area contributed by atoms with Gasteiger partial charge in [0.2, 0.25) is 15.8 Å². The van der Waals surface area contributed by atoms with Crippen molar-refractivity contribution in [3.8, 4) is 22.5 Å². The van der Waals surface area contributed by atoms with Crippen LogP contribution in [0.15, 0.2) is 53.4 Å². The number of primary sulfonamides is 1. The Bertz CT molecular complexity index is 861. The molecule has 0 spiro atoms. The van der Waals surface area contributed by atoms with Crippen LogP contribution in [0.4, 0.5) is 0 Å². The van der Waals surface area contributed by atoms with Gasteiger partial charge in [0.15, 0.2) is 0 Å². The summed E-state index contributed by atoms with van der Waals surface area (Å²) in [5.41, 5.74) is 1.56.